The van der Waals surface area contributed by atoms with Crippen LogP contribution in [0, 0.1) is 16.8 Å². The molecule has 51 heavy (non-hydrogen) atoms. The van der Waals surface area contributed by atoms with E-state index in [1.807, 2.05) is 78.9 Å². The number of hydrogen-bond donors (Lipinski definition) is 2. The van der Waals surface area contributed by atoms with Gasteiger partial charge < -0.3 is 24.5 Å². The molecule has 0 aliphatic heterocycles. The van der Waals surface area contributed by atoms with Crippen LogP contribution in [0.4, 0.5) is 14.5 Å². The van der Waals surface area contributed by atoms with Gasteiger partial charge in [-0.3, -0.25) is 0 Å². The zero-order valence-electron chi connectivity index (χ0n) is 27.6. The summed E-state index contributed by atoms with van der Waals surface area (Å²) in [6.45, 7) is 1.97. The summed E-state index contributed by atoms with van der Waals surface area (Å²) < 4.78 is 36.2. The number of halogens is 2. The Kier molecular flexibility index (Phi) is 7.20. The lowest BCUT2D eigenvalue weighted by Crippen LogP contribution is -3.01. The third-order valence-electron chi connectivity index (χ3n) is 9.92. The number of hydroxylamine groups is 1. The van der Waals surface area contributed by atoms with Crippen LogP contribution in [0.2, 0.25) is 0 Å². The minimum absolute atomic E-state index is 0.0173. The second-order valence-electron chi connectivity index (χ2n) is 12.8. The zero-order chi connectivity index (χ0) is 34.8. The number of phenols is 1. The molecule has 1 unspecified atom stereocenters. The van der Waals surface area contributed by atoms with Gasteiger partial charge in [-0.25, -0.2) is 8.78 Å². The van der Waals surface area contributed by atoms with Gasteiger partial charge in [-0.1, -0.05) is 72.8 Å². The Balaban J connectivity index is 1.26. The number of hydrogen-bond acceptors (Lipinski definition) is 2. The smallest absolute Gasteiger partial charge is 0.139 e. The van der Waals surface area contributed by atoms with Crippen LogP contribution < -0.4 is 5.06 Å². The van der Waals surface area contributed by atoms with Crippen molar-refractivity contribution in [3.8, 4) is 39.4 Å². The van der Waals surface area contributed by atoms with E-state index in [0.717, 1.165) is 55.4 Å². The number of benzene rings is 7. The summed E-state index contributed by atoms with van der Waals surface area (Å²) in [5, 5.41) is 28.6. The third kappa shape index (κ3) is 4.81. The van der Waals surface area contributed by atoms with E-state index >= 15 is 8.78 Å². The van der Waals surface area contributed by atoms with E-state index in [0.29, 0.717) is 16.9 Å². The average Bonchev–Trinajstić information content (AvgIpc) is 3.68. The average molecular weight is 672 g/mol. The number of phenolic OH excluding ortho intramolecular Hbond substituents is 1. The summed E-state index contributed by atoms with van der Waals surface area (Å²) in [5.41, 5.74) is 6.25. The van der Waals surface area contributed by atoms with Crippen LogP contribution in [0.5, 0.6) is 5.75 Å². The molecule has 0 aliphatic rings. The lowest BCUT2D eigenvalue weighted by Gasteiger charge is -2.24. The van der Waals surface area contributed by atoms with E-state index in [9.17, 15) is 10.3 Å². The first kappa shape index (κ1) is 30.8. The monoisotopic (exact) mass is 671 g/mol. The molecular formula is C44H31F2N3O2. The molecule has 0 radical (unpaired) electrons. The standard InChI is InChI=1S/C44H31F2N3O2/c1-2-47(51)39-21-19-27(48-40-15-7-3-11-29(40)30-12-4-8-16-41(30)48)23-35(39)33-25-34(38(46)26-37(33)45)36-24-28(20-22-44(36)50)49-42-17-9-5-13-31(42)32-14-6-10-18-43(32)49/h3-26,47,50H,2H2,1H3. The Labute approximate surface area is 292 Å². The summed E-state index contributed by atoms with van der Waals surface area (Å²) in [6.07, 6.45) is 0. The van der Waals surface area contributed by atoms with Crippen molar-refractivity contribution in [1.29, 1.82) is 0 Å². The van der Waals surface area contributed by atoms with Gasteiger partial charge in [-0.2, -0.15) is 0 Å². The second-order valence-corrected chi connectivity index (χ2v) is 12.8. The lowest BCUT2D eigenvalue weighted by atomic mass is 9.95. The Morgan fingerprint density at radius 1 is 0.510 bits per heavy atom. The Bertz CT molecular complexity index is 2710. The highest BCUT2D eigenvalue weighted by molar-refractivity contribution is 6.10. The summed E-state index contributed by atoms with van der Waals surface area (Å²) in [7, 11) is 0. The molecule has 248 valence electrons. The van der Waals surface area contributed by atoms with Crippen molar-refractivity contribution < 1.29 is 19.0 Å². The summed E-state index contributed by atoms with van der Waals surface area (Å²) in [5.74, 6) is -1.79. The highest BCUT2D eigenvalue weighted by Crippen LogP contribution is 2.41. The minimum atomic E-state index is -0.826. The maximum absolute atomic E-state index is 16.1. The number of para-hydroxylation sites is 4. The third-order valence-corrected chi connectivity index (χ3v) is 9.92. The van der Waals surface area contributed by atoms with Crippen LogP contribution in [0.25, 0.3) is 77.2 Å². The Hall–Kier alpha value is -6.28. The van der Waals surface area contributed by atoms with Gasteiger partial charge in [0.15, 0.2) is 0 Å². The fourth-order valence-corrected chi connectivity index (χ4v) is 7.57. The van der Waals surface area contributed by atoms with Crippen molar-refractivity contribution >= 4 is 49.3 Å². The van der Waals surface area contributed by atoms with Crippen LogP contribution in [0.1, 0.15) is 6.92 Å². The molecule has 7 heteroatoms. The van der Waals surface area contributed by atoms with E-state index in [1.54, 1.807) is 31.2 Å². The topological polar surface area (TPSA) is 57.6 Å². The van der Waals surface area contributed by atoms with E-state index in [2.05, 4.69) is 33.4 Å². The molecule has 9 aromatic rings. The first-order valence-corrected chi connectivity index (χ1v) is 16.9. The van der Waals surface area contributed by atoms with Crippen molar-refractivity contribution in [3.63, 3.8) is 0 Å². The predicted octanol–water partition coefficient (Wildman–Crippen LogP) is 10.2. The summed E-state index contributed by atoms with van der Waals surface area (Å²) in [6, 6.07) is 44.9. The number of rotatable bonds is 6. The van der Waals surface area contributed by atoms with Gasteiger partial charge in [0.25, 0.3) is 0 Å². The van der Waals surface area contributed by atoms with Crippen LogP contribution in [0.15, 0.2) is 146 Å². The number of nitrogens with one attached hydrogen (secondary N) is 1. The summed E-state index contributed by atoms with van der Waals surface area (Å²) in [4.78, 5) is 0. The van der Waals surface area contributed by atoms with Gasteiger partial charge in [0.05, 0.1) is 28.6 Å². The van der Waals surface area contributed by atoms with Gasteiger partial charge in [0.2, 0.25) is 0 Å². The van der Waals surface area contributed by atoms with Crippen molar-refractivity contribution in [2.45, 2.75) is 6.92 Å². The number of aromatic hydroxyl groups is 1. The van der Waals surface area contributed by atoms with E-state index < -0.39 is 11.6 Å². The molecule has 7 aromatic carbocycles. The molecule has 5 nitrogen and oxygen atoms in total. The fourth-order valence-electron chi connectivity index (χ4n) is 7.57. The minimum Gasteiger partial charge on any atom is -0.629 e. The van der Waals surface area contributed by atoms with Crippen LogP contribution in [-0.2, 0) is 0 Å². The van der Waals surface area contributed by atoms with Gasteiger partial charge >= 0.3 is 0 Å². The van der Waals surface area contributed by atoms with Crippen molar-refractivity contribution in [3.05, 3.63) is 162 Å². The molecular weight excluding hydrogens is 640 g/mol. The van der Waals surface area contributed by atoms with Crippen molar-refractivity contribution in [2.24, 2.45) is 0 Å². The van der Waals surface area contributed by atoms with Crippen LogP contribution in [0.3, 0.4) is 0 Å². The first-order chi connectivity index (χ1) is 24.9. The summed E-state index contributed by atoms with van der Waals surface area (Å²) >= 11 is 0. The fraction of sp³-hybridized carbons (Fsp3) is 0.0455. The highest BCUT2D eigenvalue weighted by atomic mass is 19.1. The molecule has 0 bridgehead atoms. The van der Waals surface area contributed by atoms with E-state index in [1.165, 1.54) is 12.1 Å². The number of fused-ring (bicyclic) bond motifs is 6. The van der Waals surface area contributed by atoms with Crippen LogP contribution >= 0.6 is 0 Å². The highest BCUT2D eigenvalue weighted by Gasteiger charge is 2.23. The Morgan fingerprint density at radius 2 is 0.922 bits per heavy atom. The number of aromatic nitrogens is 2. The molecule has 0 saturated carbocycles. The van der Waals surface area contributed by atoms with Gasteiger partial charge in [-0.05, 0) is 67.6 Å². The molecule has 2 heterocycles. The molecule has 9 rings (SSSR count). The molecule has 0 amide bonds. The number of quaternary nitrogens is 1. The van der Waals surface area contributed by atoms with E-state index in [-0.39, 0.29) is 34.0 Å². The molecule has 1 atom stereocenters. The molecule has 0 aliphatic carbocycles. The Morgan fingerprint density at radius 3 is 1.39 bits per heavy atom. The van der Waals surface area contributed by atoms with Crippen LogP contribution in [-0.4, -0.2) is 20.8 Å². The largest absolute Gasteiger partial charge is 0.629 e. The SMILES string of the molecule is CC[NH+]([O-])c1ccc(-n2c3ccccc3c3ccccc32)cc1-c1cc(-c2cc(-n3c4ccccc4c4ccccc43)ccc2O)c(F)cc1F. The normalized spacial score (nSPS) is 12.4. The van der Waals surface area contributed by atoms with Crippen molar-refractivity contribution in [2.75, 3.05) is 6.54 Å². The molecule has 0 saturated heterocycles. The van der Waals surface area contributed by atoms with E-state index in [4.69, 9.17) is 0 Å². The quantitative estimate of drug-likeness (QED) is 0.173. The van der Waals surface area contributed by atoms with Crippen molar-refractivity contribution in [1.82, 2.24) is 9.13 Å². The maximum Gasteiger partial charge on any atom is 0.139 e. The molecule has 2 aromatic heterocycles. The lowest BCUT2D eigenvalue weighted by molar-refractivity contribution is -0.773. The first-order valence-electron chi connectivity index (χ1n) is 16.9. The molecule has 0 fully saturated rings. The van der Waals surface area contributed by atoms with Gasteiger partial charge in [-0.15, -0.1) is 0 Å². The second kappa shape index (κ2) is 11.9. The predicted molar refractivity (Wildman–Crippen MR) is 202 cm³/mol. The maximum atomic E-state index is 16.1. The van der Waals surface area contributed by atoms with Gasteiger partial charge in [0.1, 0.15) is 23.1 Å². The number of nitrogens with zero attached hydrogens (tertiary/aromatic N) is 2. The van der Waals surface area contributed by atoms with Gasteiger partial charge in [0, 0.05) is 67.3 Å². The molecule has 0 spiro atoms. The molecule has 2 N–H and O–H groups in total. The zero-order valence-corrected chi connectivity index (χ0v) is 27.6.